The first-order valence-corrected chi connectivity index (χ1v) is 8.39. The number of carbonyl (C=O) groups is 2. The van der Waals surface area contributed by atoms with Crippen molar-refractivity contribution in [3.63, 3.8) is 0 Å². The Morgan fingerprint density at radius 2 is 1.76 bits per heavy atom. The molecule has 2 N–H and O–H groups in total. The smallest absolute Gasteiger partial charge is 0.330 e. The molecule has 0 fully saturated rings. The first kappa shape index (κ1) is 18.5. The van der Waals surface area contributed by atoms with E-state index in [-0.39, 0.29) is 12.3 Å². The van der Waals surface area contributed by atoms with E-state index in [9.17, 15) is 14.7 Å². The molecule has 0 bridgehead atoms. The summed E-state index contributed by atoms with van der Waals surface area (Å²) in [6, 6.07) is 15.3. The van der Waals surface area contributed by atoms with Gasteiger partial charge in [-0.25, -0.2) is 4.79 Å². The highest BCUT2D eigenvalue weighted by molar-refractivity contribution is 5.84. The van der Waals surface area contributed by atoms with E-state index in [1.807, 2.05) is 31.2 Å². The zero-order valence-electron chi connectivity index (χ0n) is 14.3. The number of ether oxygens (including phenoxy) is 1. The largest absolute Gasteiger partial charge is 0.494 e. The van der Waals surface area contributed by atoms with Crippen molar-refractivity contribution in [2.24, 2.45) is 0 Å². The molecule has 0 spiro atoms. The van der Waals surface area contributed by atoms with Gasteiger partial charge in [0.1, 0.15) is 5.75 Å². The first-order valence-electron chi connectivity index (χ1n) is 8.39. The lowest BCUT2D eigenvalue weighted by Crippen LogP contribution is -2.33. The quantitative estimate of drug-likeness (QED) is 0.733. The van der Waals surface area contributed by atoms with Crippen LogP contribution in [0.25, 0.3) is 0 Å². The summed E-state index contributed by atoms with van der Waals surface area (Å²) in [5, 5.41) is 11.9. The molecule has 0 saturated heterocycles. The molecule has 5 nitrogen and oxygen atoms in total. The second-order valence-corrected chi connectivity index (χ2v) is 5.74. The molecular weight excluding hydrogens is 318 g/mol. The molecule has 2 aromatic carbocycles. The van der Waals surface area contributed by atoms with Crippen LogP contribution in [0.3, 0.4) is 0 Å². The van der Waals surface area contributed by atoms with E-state index in [1.165, 1.54) is 0 Å². The zero-order chi connectivity index (χ0) is 18.1. The number of benzene rings is 2. The number of hydrogen-bond donors (Lipinski definition) is 2. The van der Waals surface area contributed by atoms with Crippen LogP contribution in [0, 0.1) is 0 Å². The van der Waals surface area contributed by atoms with Gasteiger partial charge in [-0.1, -0.05) is 49.4 Å². The number of carboxylic acids is 1. The molecule has 0 aliphatic carbocycles. The van der Waals surface area contributed by atoms with Crippen LogP contribution in [-0.2, 0) is 16.0 Å². The molecule has 5 heteroatoms. The first-order chi connectivity index (χ1) is 12.1. The topological polar surface area (TPSA) is 75.6 Å². The number of amides is 1. The molecule has 0 heterocycles. The molecule has 0 aromatic heterocycles. The van der Waals surface area contributed by atoms with Gasteiger partial charge in [0, 0.05) is 6.42 Å². The standard InChI is InChI=1S/C20H23NO4/c1-2-14-25-17-11-8-15(9-12-17)10-13-18(22)21-19(20(23)24)16-6-4-3-5-7-16/h3-9,11-12,19H,2,10,13-14H2,1H3,(H,21,22)(H,23,24). The summed E-state index contributed by atoms with van der Waals surface area (Å²) in [5.74, 6) is -0.551. The van der Waals surface area contributed by atoms with Gasteiger partial charge in [0.15, 0.2) is 6.04 Å². The number of aliphatic carboxylic acids is 1. The van der Waals surface area contributed by atoms with Gasteiger partial charge in [-0.3, -0.25) is 4.79 Å². The van der Waals surface area contributed by atoms with E-state index >= 15 is 0 Å². The predicted octanol–water partition coefficient (Wildman–Crippen LogP) is 3.35. The zero-order valence-corrected chi connectivity index (χ0v) is 14.3. The van der Waals surface area contributed by atoms with Gasteiger partial charge in [-0.2, -0.15) is 0 Å². The van der Waals surface area contributed by atoms with Gasteiger partial charge in [0.2, 0.25) is 5.91 Å². The van der Waals surface area contributed by atoms with Crippen LogP contribution < -0.4 is 10.1 Å². The van der Waals surface area contributed by atoms with Crippen molar-refractivity contribution in [1.82, 2.24) is 5.32 Å². The molecule has 1 amide bonds. The molecule has 2 aromatic rings. The number of carbonyl (C=O) groups excluding carboxylic acids is 1. The lowest BCUT2D eigenvalue weighted by Gasteiger charge is -2.15. The molecule has 0 aliphatic rings. The highest BCUT2D eigenvalue weighted by atomic mass is 16.5. The van der Waals surface area contributed by atoms with Crippen molar-refractivity contribution in [2.75, 3.05) is 6.61 Å². The SMILES string of the molecule is CCCOc1ccc(CCC(=O)NC(C(=O)O)c2ccccc2)cc1. The summed E-state index contributed by atoms with van der Waals surface area (Å²) in [7, 11) is 0. The van der Waals surface area contributed by atoms with Gasteiger partial charge in [0.25, 0.3) is 0 Å². The summed E-state index contributed by atoms with van der Waals surface area (Å²) in [5.41, 5.74) is 1.56. The van der Waals surface area contributed by atoms with Crippen LogP contribution >= 0.6 is 0 Å². The maximum atomic E-state index is 12.1. The Balaban J connectivity index is 1.88. The van der Waals surface area contributed by atoms with E-state index < -0.39 is 12.0 Å². The molecule has 0 saturated carbocycles. The maximum absolute atomic E-state index is 12.1. The van der Waals surface area contributed by atoms with Gasteiger partial charge in [0.05, 0.1) is 6.61 Å². The summed E-state index contributed by atoms with van der Waals surface area (Å²) in [4.78, 5) is 23.5. The van der Waals surface area contributed by atoms with Crippen molar-refractivity contribution in [3.05, 3.63) is 65.7 Å². The minimum absolute atomic E-state index is 0.228. The molecule has 0 aliphatic heterocycles. The fraction of sp³-hybridized carbons (Fsp3) is 0.300. The Bertz CT molecular complexity index is 683. The van der Waals surface area contributed by atoms with Crippen molar-refractivity contribution in [3.8, 4) is 5.75 Å². The minimum Gasteiger partial charge on any atom is -0.494 e. The molecule has 1 atom stereocenters. The lowest BCUT2D eigenvalue weighted by molar-refractivity contribution is -0.142. The third kappa shape index (κ3) is 5.95. The molecule has 2 rings (SSSR count). The number of hydrogen-bond acceptors (Lipinski definition) is 3. The Morgan fingerprint density at radius 1 is 1.08 bits per heavy atom. The molecule has 0 radical (unpaired) electrons. The van der Waals surface area contributed by atoms with Crippen LogP contribution in [-0.4, -0.2) is 23.6 Å². The Hall–Kier alpha value is -2.82. The van der Waals surface area contributed by atoms with Gasteiger partial charge >= 0.3 is 5.97 Å². The molecular formula is C20H23NO4. The molecule has 132 valence electrons. The monoisotopic (exact) mass is 341 g/mol. The van der Waals surface area contributed by atoms with Crippen LogP contribution in [0.2, 0.25) is 0 Å². The fourth-order valence-corrected chi connectivity index (χ4v) is 2.40. The third-order valence-corrected chi connectivity index (χ3v) is 3.72. The predicted molar refractivity (Wildman–Crippen MR) is 95.5 cm³/mol. The Morgan fingerprint density at radius 3 is 2.36 bits per heavy atom. The van der Waals surface area contributed by atoms with Gasteiger partial charge < -0.3 is 15.2 Å². The molecule has 1 unspecified atom stereocenters. The highest BCUT2D eigenvalue weighted by Crippen LogP contribution is 2.15. The second kappa shape index (κ2) is 9.47. The van der Waals surface area contributed by atoms with Gasteiger partial charge in [-0.15, -0.1) is 0 Å². The normalized spacial score (nSPS) is 11.6. The number of rotatable bonds is 9. The average Bonchev–Trinajstić information content (AvgIpc) is 2.64. The summed E-state index contributed by atoms with van der Waals surface area (Å²) < 4.78 is 5.52. The lowest BCUT2D eigenvalue weighted by atomic mass is 10.1. The summed E-state index contributed by atoms with van der Waals surface area (Å²) in [6.45, 7) is 2.73. The Labute approximate surface area is 147 Å². The van der Waals surface area contributed by atoms with Crippen LogP contribution in [0.1, 0.15) is 36.9 Å². The van der Waals surface area contributed by atoms with Crippen molar-refractivity contribution in [1.29, 1.82) is 0 Å². The van der Waals surface area contributed by atoms with Crippen LogP contribution in [0.5, 0.6) is 5.75 Å². The number of aryl methyl sites for hydroxylation is 1. The van der Waals surface area contributed by atoms with Crippen molar-refractivity contribution >= 4 is 11.9 Å². The number of nitrogens with one attached hydrogen (secondary N) is 1. The van der Waals surface area contributed by atoms with E-state index in [1.54, 1.807) is 30.3 Å². The summed E-state index contributed by atoms with van der Waals surface area (Å²) >= 11 is 0. The van der Waals surface area contributed by atoms with E-state index in [0.717, 1.165) is 17.7 Å². The van der Waals surface area contributed by atoms with Crippen LogP contribution in [0.4, 0.5) is 0 Å². The van der Waals surface area contributed by atoms with E-state index in [2.05, 4.69) is 5.32 Å². The fourth-order valence-electron chi connectivity index (χ4n) is 2.40. The molecule has 25 heavy (non-hydrogen) atoms. The van der Waals surface area contributed by atoms with E-state index in [0.29, 0.717) is 18.6 Å². The third-order valence-electron chi connectivity index (χ3n) is 3.72. The van der Waals surface area contributed by atoms with Gasteiger partial charge in [-0.05, 0) is 36.1 Å². The van der Waals surface area contributed by atoms with Crippen LogP contribution in [0.15, 0.2) is 54.6 Å². The second-order valence-electron chi connectivity index (χ2n) is 5.74. The highest BCUT2D eigenvalue weighted by Gasteiger charge is 2.21. The van der Waals surface area contributed by atoms with E-state index in [4.69, 9.17) is 4.74 Å². The van der Waals surface area contributed by atoms with Crippen molar-refractivity contribution < 1.29 is 19.4 Å². The van der Waals surface area contributed by atoms with Crippen molar-refractivity contribution in [2.45, 2.75) is 32.2 Å². The maximum Gasteiger partial charge on any atom is 0.330 e. The average molecular weight is 341 g/mol. The number of carboxylic acid groups (broad SMARTS) is 1. The minimum atomic E-state index is -1.07. The summed E-state index contributed by atoms with van der Waals surface area (Å²) in [6.07, 6.45) is 1.72. The Kier molecular flexibility index (Phi) is 7.01.